The van der Waals surface area contributed by atoms with Gasteiger partial charge in [0.25, 0.3) is 0 Å². The van der Waals surface area contributed by atoms with Gasteiger partial charge >= 0.3 is 0 Å². The Labute approximate surface area is 148 Å². The third-order valence-electron chi connectivity index (χ3n) is 3.94. The van der Waals surface area contributed by atoms with Crippen molar-refractivity contribution in [2.75, 3.05) is 7.05 Å². The summed E-state index contributed by atoms with van der Waals surface area (Å²) in [7, 11) is 1.86. The monoisotopic (exact) mass is 340 g/mol. The molecule has 0 bridgehead atoms. The highest BCUT2D eigenvalue weighted by Gasteiger charge is 2.10. The van der Waals surface area contributed by atoms with Crippen LogP contribution in [0.1, 0.15) is 44.6 Å². The topological polar surface area (TPSA) is 42.2 Å². The summed E-state index contributed by atoms with van der Waals surface area (Å²) >= 11 is 0. The summed E-state index contributed by atoms with van der Waals surface area (Å²) in [5.41, 5.74) is 5.62. The second kappa shape index (κ2) is 8.42. The molecule has 1 aromatic carbocycles. The van der Waals surface area contributed by atoms with Crippen molar-refractivity contribution in [2.24, 2.45) is 0 Å². The maximum Gasteiger partial charge on any atom is 0.153 e. The third kappa shape index (κ3) is 3.87. The minimum Gasteiger partial charge on any atom is -0.387 e. The summed E-state index contributed by atoms with van der Waals surface area (Å²) < 4.78 is 15.0. The molecule has 4 nitrogen and oxygen atoms in total. The molecule has 0 saturated heterocycles. The number of nitrogens with one attached hydrogen (secondary N) is 1. The first-order valence-corrected chi connectivity index (χ1v) is 8.62. The Kier molecular flexibility index (Phi) is 6.28. The van der Waals surface area contributed by atoms with E-state index in [9.17, 15) is 4.39 Å². The lowest BCUT2D eigenvalue weighted by Gasteiger charge is -2.12. The fourth-order valence-electron chi connectivity index (χ4n) is 2.65. The molecule has 25 heavy (non-hydrogen) atoms. The van der Waals surface area contributed by atoms with Crippen molar-refractivity contribution < 1.29 is 4.39 Å². The molecule has 0 fully saturated rings. The average molecular weight is 340 g/mol. The molecule has 1 N–H and O–H groups in total. The quantitative estimate of drug-likeness (QED) is 0.757. The van der Waals surface area contributed by atoms with Crippen LogP contribution in [0.15, 0.2) is 42.6 Å². The first-order chi connectivity index (χ1) is 12.1. The molecular weight excluding hydrogens is 315 g/mol. The normalized spacial score (nSPS) is 11.6. The van der Waals surface area contributed by atoms with E-state index >= 15 is 0 Å². The van der Waals surface area contributed by atoms with Gasteiger partial charge in [0.15, 0.2) is 5.65 Å². The van der Waals surface area contributed by atoms with Gasteiger partial charge in [-0.05, 0) is 55.3 Å². The van der Waals surface area contributed by atoms with Crippen molar-refractivity contribution in [1.82, 2.24) is 19.9 Å². The van der Waals surface area contributed by atoms with Crippen molar-refractivity contribution in [3.63, 3.8) is 0 Å². The smallest absolute Gasteiger partial charge is 0.153 e. The fraction of sp³-hybridized carbons (Fsp3) is 0.300. The van der Waals surface area contributed by atoms with E-state index in [-0.39, 0.29) is 5.82 Å². The molecular formula is C20H25FN4. The summed E-state index contributed by atoms with van der Waals surface area (Å²) in [5.74, 6) is -0.243. The molecule has 2 heterocycles. The van der Waals surface area contributed by atoms with E-state index < -0.39 is 0 Å². The molecule has 0 aliphatic rings. The Balaban J connectivity index is 0.00000109. The molecule has 0 spiro atoms. The van der Waals surface area contributed by atoms with E-state index in [4.69, 9.17) is 5.10 Å². The van der Waals surface area contributed by atoms with Crippen molar-refractivity contribution in [3.05, 3.63) is 65.4 Å². The van der Waals surface area contributed by atoms with Crippen LogP contribution in [0.4, 0.5) is 4.39 Å². The van der Waals surface area contributed by atoms with Crippen LogP contribution in [0, 0.1) is 5.82 Å². The Morgan fingerprint density at radius 3 is 2.40 bits per heavy atom. The second-order valence-corrected chi connectivity index (χ2v) is 5.35. The van der Waals surface area contributed by atoms with Gasteiger partial charge in [0.05, 0.1) is 17.6 Å². The summed E-state index contributed by atoms with van der Waals surface area (Å²) in [6, 6.07) is 10.4. The van der Waals surface area contributed by atoms with Crippen LogP contribution < -0.4 is 5.32 Å². The maximum atomic E-state index is 13.1. The van der Waals surface area contributed by atoms with E-state index in [1.54, 1.807) is 12.1 Å². The molecule has 0 atom stereocenters. The van der Waals surface area contributed by atoms with Crippen LogP contribution in [0.5, 0.6) is 0 Å². The molecule has 0 amide bonds. The Bertz CT molecular complexity index is 863. The van der Waals surface area contributed by atoms with Gasteiger partial charge in [-0.25, -0.2) is 13.9 Å². The van der Waals surface area contributed by atoms with Crippen LogP contribution >= 0.6 is 0 Å². The van der Waals surface area contributed by atoms with Crippen LogP contribution in [0.2, 0.25) is 0 Å². The fourth-order valence-corrected chi connectivity index (χ4v) is 2.65. The lowest BCUT2D eigenvalue weighted by Crippen LogP contribution is -2.09. The first kappa shape index (κ1) is 18.6. The molecule has 5 heteroatoms. The van der Waals surface area contributed by atoms with Gasteiger partial charge in [0, 0.05) is 18.3 Å². The molecule has 3 aromatic rings. The SMILES string of the molecule is CC.CCc1cnc2ccc(/C(C)=C(/NC)c3ccc(F)cc3)nn12. The Morgan fingerprint density at radius 1 is 1.12 bits per heavy atom. The van der Waals surface area contributed by atoms with E-state index in [1.165, 1.54) is 12.1 Å². The predicted molar refractivity (Wildman–Crippen MR) is 102 cm³/mol. The van der Waals surface area contributed by atoms with E-state index in [1.807, 2.05) is 50.7 Å². The zero-order valence-electron chi connectivity index (χ0n) is 15.5. The molecule has 0 radical (unpaired) electrons. The minimum atomic E-state index is -0.243. The summed E-state index contributed by atoms with van der Waals surface area (Å²) in [5, 5.41) is 7.90. The number of nitrogens with zero attached hydrogens (tertiary/aromatic N) is 3. The zero-order chi connectivity index (χ0) is 18.4. The minimum absolute atomic E-state index is 0.243. The number of allylic oxidation sites excluding steroid dienone is 1. The van der Waals surface area contributed by atoms with Gasteiger partial charge in [-0.3, -0.25) is 0 Å². The molecule has 132 valence electrons. The van der Waals surface area contributed by atoms with Crippen LogP contribution in [0.3, 0.4) is 0 Å². The van der Waals surface area contributed by atoms with Gasteiger partial charge in [0.2, 0.25) is 0 Å². The summed E-state index contributed by atoms with van der Waals surface area (Å²) in [6.45, 7) is 8.09. The lowest BCUT2D eigenvalue weighted by atomic mass is 10.0. The summed E-state index contributed by atoms with van der Waals surface area (Å²) in [6.07, 6.45) is 2.72. The van der Waals surface area contributed by atoms with Crippen molar-refractivity contribution in [1.29, 1.82) is 0 Å². The van der Waals surface area contributed by atoms with E-state index in [0.717, 1.165) is 40.3 Å². The number of imidazole rings is 1. The van der Waals surface area contributed by atoms with Gasteiger partial charge in [-0.1, -0.05) is 20.8 Å². The standard InChI is InChI=1S/C18H19FN4.C2H6/c1-4-15-11-21-17-10-9-16(22-23(15)17)12(2)18(20-3)13-5-7-14(19)8-6-13;1-2/h5-11,20H,4H2,1-3H3;1-2H3/b18-12+;. The molecule has 2 aromatic heterocycles. The number of aromatic nitrogens is 3. The number of aryl methyl sites for hydroxylation is 1. The molecule has 0 aliphatic heterocycles. The van der Waals surface area contributed by atoms with Gasteiger partial charge in [-0.15, -0.1) is 0 Å². The van der Waals surface area contributed by atoms with Gasteiger partial charge < -0.3 is 5.32 Å². The third-order valence-corrected chi connectivity index (χ3v) is 3.94. The Hall–Kier alpha value is -2.69. The highest BCUT2D eigenvalue weighted by molar-refractivity contribution is 5.87. The largest absolute Gasteiger partial charge is 0.387 e. The number of halogens is 1. The maximum absolute atomic E-state index is 13.1. The molecule has 3 rings (SSSR count). The predicted octanol–water partition coefficient (Wildman–Crippen LogP) is 4.56. The lowest BCUT2D eigenvalue weighted by molar-refractivity contribution is 0.627. The number of rotatable bonds is 4. The zero-order valence-corrected chi connectivity index (χ0v) is 15.5. The van der Waals surface area contributed by atoms with Crippen LogP contribution in [0.25, 0.3) is 16.9 Å². The van der Waals surface area contributed by atoms with Crippen LogP contribution in [-0.4, -0.2) is 21.6 Å². The van der Waals surface area contributed by atoms with Crippen LogP contribution in [-0.2, 0) is 6.42 Å². The van der Waals surface area contributed by atoms with E-state index in [2.05, 4.69) is 17.2 Å². The Morgan fingerprint density at radius 2 is 1.80 bits per heavy atom. The van der Waals surface area contributed by atoms with E-state index in [0.29, 0.717) is 0 Å². The number of hydrogen-bond acceptors (Lipinski definition) is 3. The van der Waals surface area contributed by atoms with Gasteiger partial charge in [-0.2, -0.15) is 5.10 Å². The molecule has 0 unspecified atom stereocenters. The second-order valence-electron chi connectivity index (χ2n) is 5.35. The average Bonchev–Trinajstić information content (AvgIpc) is 3.07. The first-order valence-electron chi connectivity index (χ1n) is 8.62. The number of fused-ring (bicyclic) bond motifs is 1. The highest BCUT2D eigenvalue weighted by Crippen LogP contribution is 2.23. The molecule has 0 aliphatic carbocycles. The highest BCUT2D eigenvalue weighted by atomic mass is 19.1. The van der Waals surface area contributed by atoms with Crippen molar-refractivity contribution >= 4 is 16.9 Å². The van der Waals surface area contributed by atoms with Crippen molar-refractivity contribution in [2.45, 2.75) is 34.1 Å². The molecule has 0 saturated carbocycles. The number of hydrogen-bond donors (Lipinski definition) is 1. The van der Waals surface area contributed by atoms with Gasteiger partial charge in [0.1, 0.15) is 5.82 Å². The number of benzene rings is 1. The summed E-state index contributed by atoms with van der Waals surface area (Å²) in [4.78, 5) is 4.35. The van der Waals surface area contributed by atoms with Crippen molar-refractivity contribution in [3.8, 4) is 0 Å².